The standard InChI is InChI=1S/C26H35BrO17/c1-10(28)35-8-17-20(21(38-13(4)31)23(25(27)42-17)40-15(6)33)44-26-24(41-16(7)34)22(39-14(5)32)19(37-12(3)30)18(43-26)9-36-11(2)29/h17-26H,8-9H2,1-7H3/t17?,18?,19-,20-,21?,22?,23?,24?,25-,26-/m0/s1. The predicted octanol–water partition coefficient (Wildman–Crippen LogP) is 0.00100. The van der Waals surface area contributed by atoms with Crippen molar-refractivity contribution in [2.45, 2.75) is 109 Å². The van der Waals surface area contributed by atoms with Gasteiger partial charge in [-0.15, -0.1) is 0 Å². The van der Waals surface area contributed by atoms with Crippen LogP contribution >= 0.6 is 15.9 Å². The minimum Gasteiger partial charge on any atom is -0.463 e. The molecule has 6 unspecified atom stereocenters. The molecule has 0 aromatic heterocycles. The number of halogens is 1. The summed E-state index contributed by atoms with van der Waals surface area (Å²) in [6.45, 7) is 6.57. The third-order valence-corrected chi connectivity index (χ3v) is 6.61. The largest absolute Gasteiger partial charge is 0.463 e. The van der Waals surface area contributed by atoms with Gasteiger partial charge in [0.1, 0.15) is 31.5 Å². The summed E-state index contributed by atoms with van der Waals surface area (Å²) in [5, 5.41) is -1.09. The smallest absolute Gasteiger partial charge is 0.303 e. The maximum absolute atomic E-state index is 12.2. The predicted molar refractivity (Wildman–Crippen MR) is 142 cm³/mol. The highest BCUT2D eigenvalue weighted by Crippen LogP contribution is 2.36. The molecule has 17 nitrogen and oxygen atoms in total. The molecule has 2 fully saturated rings. The van der Waals surface area contributed by atoms with Gasteiger partial charge >= 0.3 is 41.8 Å². The number of rotatable bonds is 11. The Kier molecular flexibility index (Phi) is 13.9. The van der Waals surface area contributed by atoms with Crippen LogP contribution < -0.4 is 0 Å². The van der Waals surface area contributed by atoms with Crippen molar-refractivity contribution in [1.82, 2.24) is 0 Å². The zero-order valence-corrected chi connectivity index (χ0v) is 26.6. The van der Waals surface area contributed by atoms with Crippen LogP contribution in [0.2, 0.25) is 0 Å². The molecule has 0 spiro atoms. The van der Waals surface area contributed by atoms with Crippen LogP contribution in [0.4, 0.5) is 0 Å². The van der Waals surface area contributed by atoms with E-state index < -0.39 is 115 Å². The molecule has 0 aromatic carbocycles. The van der Waals surface area contributed by atoms with Crippen LogP contribution in [-0.2, 0) is 80.9 Å². The maximum Gasteiger partial charge on any atom is 0.303 e. The molecule has 0 N–H and O–H groups in total. The molecule has 2 saturated heterocycles. The molecule has 0 radical (unpaired) electrons. The minimum atomic E-state index is -1.73. The van der Waals surface area contributed by atoms with Gasteiger partial charge in [0, 0.05) is 48.5 Å². The molecular weight excluding hydrogens is 664 g/mol. The lowest BCUT2D eigenvalue weighted by atomic mass is 9.96. The molecule has 0 amide bonds. The van der Waals surface area contributed by atoms with Gasteiger partial charge in [-0.25, -0.2) is 0 Å². The fourth-order valence-corrected chi connectivity index (χ4v) is 5.15. The topological polar surface area (TPSA) is 212 Å². The van der Waals surface area contributed by atoms with E-state index >= 15 is 0 Å². The van der Waals surface area contributed by atoms with Crippen molar-refractivity contribution in [1.29, 1.82) is 0 Å². The number of carbonyl (C=O) groups is 7. The number of hydrogen-bond acceptors (Lipinski definition) is 17. The lowest BCUT2D eigenvalue weighted by Crippen LogP contribution is -2.66. The molecule has 10 atom stereocenters. The second kappa shape index (κ2) is 16.6. The first-order valence-electron chi connectivity index (χ1n) is 13.2. The lowest BCUT2D eigenvalue weighted by molar-refractivity contribution is -0.341. The number of ether oxygens (including phenoxy) is 10. The first-order chi connectivity index (χ1) is 20.5. The molecule has 44 heavy (non-hydrogen) atoms. The highest BCUT2D eigenvalue weighted by Gasteiger charge is 2.57. The Balaban J connectivity index is 2.66. The fraction of sp³-hybridized carbons (Fsp3) is 0.731. The van der Waals surface area contributed by atoms with E-state index in [2.05, 4.69) is 15.9 Å². The zero-order valence-electron chi connectivity index (χ0n) is 25.0. The highest BCUT2D eigenvalue weighted by molar-refractivity contribution is 9.09. The Morgan fingerprint density at radius 1 is 0.477 bits per heavy atom. The molecule has 2 heterocycles. The van der Waals surface area contributed by atoms with Gasteiger partial charge in [0.2, 0.25) is 0 Å². The minimum absolute atomic E-state index is 0.460. The van der Waals surface area contributed by atoms with Gasteiger partial charge < -0.3 is 47.4 Å². The molecule has 0 bridgehead atoms. The number of hydrogen-bond donors (Lipinski definition) is 0. The fourth-order valence-electron chi connectivity index (χ4n) is 4.46. The number of carbonyl (C=O) groups excluding carboxylic acids is 7. The van der Waals surface area contributed by atoms with E-state index in [1.807, 2.05) is 0 Å². The molecule has 2 rings (SSSR count). The molecule has 248 valence electrons. The van der Waals surface area contributed by atoms with Crippen LogP contribution in [0, 0.1) is 0 Å². The van der Waals surface area contributed by atoms with Crippen molar-refractivity contribution in [2.24, 2.45) is 0 Å². The number of alkyl halides is 1. The second-order valence-corrected chi connectivity index (χ2v) is 10.5. The van der Waals surface area contributed by atoms with Gasteiger partial charge in [-0.1, -0.05) is 15.9 Å². The van der Waals surface area contributed by atoms with Crippen molar-refractivity contribution in [3.8, 4) is 0 Å². The van der Waals surface area contributed by atoms with Gasteiger partial charge in [0.05, 0.1) is 0 Å². The molecule has 0 aliphatic carbocycles. The molecule has 0 aromatic rings. The van der Waals surface area contributed by atoms with Crippen LogP contribution in [0.1, 0.15) is 48.5 Å². The van der Waals surface area contributed by atoms with Crippen LogP contribution in [-0.4, -0.2) is 115 Å². The van der Waals surface area contributed by atoms with Gasteiger partial charge in [-0.2, -0.15) is 0 Å². The summed E-state index contributed by atoms with van der Waals surface area (Å²) in [7, 11) is 0. The van der Waals surface area contributed by atoms with Gasteiger partial charge in [0.15, 0.2) is 41.8 Å². The van der Waals surface area contributed by atoms with Crippen LogP contribution in [0.15, 0.2) is 0 Å². The van der Waals surface area contributed by atoms with E-state index in [0.717, 1.165) is 48.5 Å². The van der Waals surface area contributed by atoms with E-state index in [9.17, 15) is 33.6 Å². The normalized spacial score (nSPS) is 31.5. The lowest BCUT2D eigenvalue weighted by Gasteiger charge is -2.48. The second-order valence-electron chi connectivity index (χ2n) is 9.64. The van der Waals surface area contributed by atoms with Crippen molar-refractivity contribution in [3.05, 3.63) is 0 Å². The third kappa shape index (κ3) is 11.0. The Hall–Kier alpha value is -3.35. The molecular formula is C26H35BrO17. The Labute approximate surface area is 260 Å². The monoisotopic (exact) mass is 698 g/mol. The van der Waals surface area contributed by atoms with Crippen LogP contribution in [0.3, 0.4) is 0 Å². The van der Waals surface area contributed by atoms with Crippen molar-refractivity contribution in [3.63, 3.8) is 0 Å². The van der Waals surface area contributed by atoms with E-state index in [1.54, 1.807) is 0 Å². The van der Waals surface area contributed by atoms with Crippen molar-refractivity contribution in [2.75, 3.05) is 13.2 Å². The summed E-state index contributed by atoms with van der Waals surface area (Å²) in [6.07, 6.45) is -13.2. The summed E-state index contributed by atoms with van der Waals surface area (Å²) in [5.74, 6) is -5.63. The Morgan fingerprint density at radius 2 is 0.841 bits per heavy atom. The first kappa shape index (κ1) is 36.8. The van der Waals surface area contributed by atoms with Gasteiger partial charge in [-0.05, 0) is 0 Å². The maximum atomic E-state index is 12.2. The molecule has 2 aliphatic rings. The number of esters is 7. The van der Waals surface area contributed by atoms with E-state index in [1.165, 1.54) is 0 Å². The Bertz CT molecular complexity index is 1090. The van der Waals surface area contributed by atoms with Crippen LogP contribution in [0.25, 0.3) is 0 Å². The molecule has 18 heteroatoms. The average molecular weight is 699 g/mol. The summed E-state index contributed by atoms with van der Waals surface area (Å²) in [6, 6.07) is 0. The summed E-state index contributed by atoms with van der Waals surface area (Å²) in [4.78, 5) is 83.8. The SMILES string of the molecule is CC(=O)OCC1O[C@@H](O[C@H]2C(COC(C)=O)O[C@H](Br)C(OC(C)=O)C2OC(C)=O)C(OC(C)=O)C(OC(C)=O)[C@H]1OC(C)=O. The molecule has 0 saturated carbocycles. The van der Waals surface area contributed by atoms with Gasteiger partial charge in [0.25, 0.3) is 0 Å². The average Bonchev–Trinajstić information content (AvgIpc) is 2.87. The first-order valence-corrected chi connectivity index (χ1v) is 14.1. The van der Waals surface area contributed by atoms with E-state index in [0.29, 0.717) is 0 Å². The van der Waals surface area contributed by atoms with E-state index in [4.69, 9.17) is 47.4 Å². The quantitative estimate of drug-likeness (QED) is 0.158. The van der Waals surface area contributed by atoms with Crippen LogP contribution in [0.5, 0.6) is 0 Å². The van der Waals surface area contributed by atoms with Crippen molar-refractivity contribution >= 4 is 57.7 Å². The van der Waals surface area contributed by atoms with Crippen molar-refractivity contribution < 1.29 is 80.9 Å². The van der Waals surface area contributed by atoms with E-state index in [-0.39, 0.29) is 0 Å². The zero-order chi connectivity index (χ0) is 33.3. The summed E-state index contributed by atoms with van der Waals surface area (Å²) < 4.78 is 55.2. The highest BCUT2D eigenvalue weighted by atomic mass is 79.9. The molecule has 2 aliphatic heterocycles. The third-order valence-electron chi connectivity index (χ3n) is 5.87. The Morgan fingerprint density at radius 3 is 1.27 bits per heavy atom. The van der Waals surface area contributed by atoms with Gasteiger partial charge in [-0.3, -0.25) is 33.6 Å². The summed E-state index contributed by atoms with van der Waals surface area (Å²) >= 11 is 3.23. The summed E-state index contributed by atoms with van der Waals surface area (Å²) in [5.41, 5.74) is 0.